The fourth-order valence-electron chi connectivity index (χ4n) is 3.86. The summed E-state index contributed by atoms with van der Waals surface area (Å²) in [6.07, 6.45) is 8.78. The number of carbonyl (C=O) groups excluding carboxylic acids is 2. The minimum Gasteiger partial charge on any atom is -0.335 e. The average molecular weight is 327 g/mol. The van der Waals surface area contributed by atoms with Gasteiger partial charge in [0.15, 0.2) is 0 Å². The molecule has 5 heteroatoms. The molecule has 2 N–H and O–H groups in total. The van der Waals surface area contributed by atoms with Gasteiger partial charge in [-0.15, -0.1) is 0 Å². The minimum absolute atomic E-state index is 0.120. The number of carbonyl (C=O) groups is 2. The van der Waals surface area contributed by atoms with Crippen molar-refractivity contribution in [2.24, 2.45) is 5.92 Å². The van der Waals surface area contributed by atoms with Gasteiger partial charge in [0.25, 0.3) is 0 Å². The number of benzene rings is 1. The van der Waals surface area contributed by atoms with Crippen LogP contribution in [0.2, 0.25) is 0 Å². The van der Waals surface area contributed by atoms with Crippen LogP contribution in [0, 0.1) is 5.92 Å². The molecule has 1 aromatic carbocycles. The zero-order valence-corrected chi connectivity index (χ0v) is 14.0. The second-order valence-electron chi connectivity index (χ2n) is 7.29. The minimum atomic E-state index is -0.120. The van der Waals surface area contributed by atoms with E-state index in [1.807, 2.05) is 23.1 Å². The van der Waals surface area contributed by atoms with Gasteiger partial charge in [-0.2, -0.15) is 0 Å². The van der Waals surface area contributed by atoms with E-state index in [2.05, 4.69) is 10.6 Å². The number of rotatable bonds is 3. The van der Waals surface area contributed by atoms with E-state index in [1.54, 1.807) is 0 Å². The predicted molar refractivity (Wildman–Crippen MR) is 94.3 cm³/mol. The van der Waals surface area contributed by atoms with Crippen molar-refractivity contribution < 1.29 is 9.59 Å². The van der Waals surface area contributed by atoms with Gasteiger partial charge in [-0.3, -0.25) is 4.79 Å². The summed E-state index contributed by atoms with van der Waals surface area (Å²) in [5.41, 5.74) is 2.98. The van der Waals surface area contributed by atoms with Gasteiger partial charge < -0.3 is 15.5 Å². The molecule has 128 valence electrons. The summed E-state index contributed by atoms with van der Waals surface area (Å²) in [5, 5.41) is 6.02. The highest BCUT2D eigenvalue weighted by Gasteiger charge is 2.36. The first kappa shape index (κ1) is 15.5. The third-order valence-electron chi connectivity index (χ3n) is 5.37. The van der Waals surface area contributed by atoms with Crippen molar-refractivity contribution in [2.75, 3.05) is 16.8 Å². The van der Waals surface area contributed by atoms with Gasteiger partial charge in [-0.05, 0) is 55.9 Å². The molecule has 1 heterocycles. The Bertz CT molecular complexity index is 648. The molecule has 0 radical (unpaired) electrons. The van der Waals surface area contributed by atoms with Crippen LogP contribution in [0.4, 0.5) is 16.2 Å². The standard InChI is InChI=1S/C19H25N3O2/c23-18(13-6-7-13)22-11-10-14-12-16(8-9-17(14)22)21-19(24)20-15-4-2-1-3-5-15/h8-9,12-13,15H,1-7,10-11H2,(H2,20,21,24). The Morgan fingerprint density at radius 1 is 1.04 bits per heavy atom. The van der Waals surface area contributed by atoms with Crippen molar-refractivity contribution in [3.63, 3.8) is 0 Å². The van der Waals surface area contributed by atoms with Crippen LogP contribution >= 0.6 is 0 Å². The molecule has 0 spiro atoms. The van der Waals surface area contributed by atoms with E-state index < -0.39 is 0 Å². The number of hydrogen-bond donors (Lipinski definition) is 2. The maximum Gasteiger partial charge on any atom is 0.319 e. The summed E-state index contributed by atoms with van der Waals surface area (Å²) < 4.78 is 0. The zero-order valence-electron chi connectivity index (χ0n) is 14.0. The maximum absolute atomic E-state index is 12.3. The highest BCUT2D eigenvalue weighted by Crippen LogP contribution is 2.37. The molecule has 0 atom stereocenters. The number of anilines is 2. The third-order valence-corrected chi connectivity index (χ3v) is 5.37. The van der Waals surface area contributed by atoms with Crippen molar-refractivity contribution in [2.45, 2.75) is 57.4 Å². The van der Waals surface area contributed by atoms with Gasteiger partial charge >= 0.3 is 6.03 Å². The Kier molecular flexibility index (Phi) is 4.17. The van der Waals surface area contributed by atoms with Crippen molar-refractivity contribution in [1.82, 2.24) is 5.32 Å². The number of urea groups is 1. The van der Waals surface area contributed by atoms with Crippen molar-refractivity contribution in [3.05, 3.63) is 23.8 Å². The first-order valence-electron chi connectivity index (χ1n) is 9.22. The number of amides is 3. The Labute approximate surface area is 142 Å². The van der Waals surface area contributed by atoms with Gasteiger partial charge in [0.05, 0.1) is 0 Å². The summed E-state index contributed by atoms with van der Waals surface area (Å²) in [7, 11) is 0. The molecule has 0 bridgehead atoms. The van der Waals surface area contributed by atoms with E-state index in [4.69, 9.17) is 0 Å². The Hall–Kier alpha value is -2.04. The molecule has 2 saturated carbocycles. The van der Waals surface area contributed by atoms with Crippen LogP contribution < -0.4 is 15.5 Å². The Morgan fingerprint density at radius 3 is 2.58 bits per heavy atom. The zero-order chi connectivity index (χ0) is 16.5. The van der Waals surface area contributed by atoms with Crippen LogP contribution in [0.5, 0.6) is 0 Å². The monoisotopic (exact) mass is 327 g/mol. The molecular formula is C19H25N3O2. The van der Waals surface area contributed by atoms with Crippen molar-refractivity contribution >= 4 is 23.3 Å². The molecule has 24 heavy (non-hydrogen) atoms. The van der Waals surface area contributed by atoms with E-state index in [1.165, 1.54) is 19.3 Å². The van der Waals surface area contributed by atoms with Crippen molar-refractivity contribution in [1.29, 1.82) is 0 Å². The molecule has 0 unspecified atom stereocenters. The SMILES string of the molecule is O=C(Nc1ccc2c(c1)CCN2C(=O)C1CC1)NC1CCCCC1. The van der Waals surface area contributed by atoms with E-state index in [-0.39, 0.29) is 17.9 Å². The number of nitrogens with zero attached hydrogens (tertiary/aromatic N) is 1. The van der Waals surface area contributed by atoms with E-state index in [9.17, 15) is 9.59 Å². The molecule has 5 nitrogen and oxygen atoms in total. The molecule has 0 aromatic heterocycles. The maximum atomic E-state index is 12.3. The fraction of sp³-hybridized carbons (Fsp3) is 0.579. The summed E-state index contributed by atoms with van der Waals surface area (Å²) in [6.45, 7) is 0.766. The van der Waals surface area contributed by atoms with Crippen molar-refractivity contribution in [3.8, 4) is 0 Å². The number of fused-ring (bicyclic) bond motifs is 1. The largest absolute Gasteiger partial charge is 0.335 e. The van der Waals surface area contributed by atoms with Crippen LogP contribution in [0.25, 0.3) is 0 Å². The Morgan fingerprint density at radius 2 is 1.83 bits per heavy atom. The molecule has 1 aromatic rings. The topological polar surface area (TPSA) is 61.4 Å². The van der Waals surface area contributed by atoms with Gasteiger partial charge in [0.1, 0.15) is 0 Å². The van der Waals surface area contributed by atoms with E-state index >= 15 is 0 Å². The normalized spacial score (nSPS) is 20.6. The molecule has 3 aliphatic rings. The summed E-state index contributed by atoms with van der Waals surface area (Å²) in [5.74, 6) is 0.513. The van der Waals surface area contributed by atoms with E-state index in [0.717, 1.165) is 55.6 Å². The van der Waals surface area contributed by atoms with Gasteiger partial charge in [0, 0.05) is 29.9 Å². The molecule has 0 saturated heterocycles. The van der Waals surface area contributed by atoms with Gasteiger partial charge in [0.2, 0.25) is 5.91 Å². The van der Waals surface area contributed by atoms with E-state index in [0.29, 0.717) is 6.04 Å². The lowest BCUT2D eigenvalue weighted by Crippen LogP contribution is -2.39. The van der Waals surface area contributed by atoms with Gasteiger partial charge in [-0.25, -0.2) is 4.79 Å². The number of nitrogens with one attached hydrogen (secondary N) is 2. The first-order chi connectivity index (χ1) is 11.7. The second-order valence-corrected chi connectivity index (χ2v) is 7.29. The third kappa shape index (κ3) is 3.25. The molecule has 2 aliphatic carbocycles. The second kappa shape index (κ2) is 6.46. The van der Waals surface area contributed by atoms with Crippen LogP contribution in [0.3, 0.4) is 0 Å². The van der Waals surface area contributed by atoms with Gasteiger partial charge in [-0.1, -0.05) is 19.3 Å². The quantitative estimate of drug-likeness (QED) is 0.893. The molecule has 3 amide bonds. The lowest BCUT2D eigenvalue weighted by molar-refractivity contribution is -0.119. The summed E-state index contributed by atoms with van der Waals surface area (Å²) >= 11 is 0. The van der Waals surface area contributed by atoms with Crippen LogP contribution in [-0.4, -0.2) is 24.5 Å². The number of hydrogen-bond acceptors (Lipinski definition) is 2. The lowest BCUT2D eigenvalue weighted by atomic mass is 9.96. The summed E-state index contributed by atoms with van der Waals surface area (Å²) in [4.78, 5) is 26.4. The summed E-state index contributed by atoms with van der Waals surface area (Å²) in [6, 6.07) is 6.07. The molecule has 4 rings (SSSR count). The highest BCUT2D eigenvalue weighted by molar-refractivity contribution is 5.99. The predicted octanol–water partition coefficient (Wildman–Crippen LogP) is 3.44. The first-order valence-corrected chi connectivity index (χ1v) is 9.22. The average Bonchev–Trinajstić information content (AvgIpc) is 3.35. The molecular weight excluding hydrogens is 302 g/mol. The highest BCUT2D eigenvalue weighted by atomic mass is 16.2. The Balaban J connectivity index is 1.38. The lowest BCUT2D eigenvalue weighted by Gasteiger charge is -2.23. The fourth-order valence-corrected chi connectivity index (χ4v) is 3.86. The smallest absolute Gasteiger partial charge is 0.319 e. The molecule has 1 aliphatic heterocycles. The van der Waals surface area contributed by atoms with Crippen LogP contribution in [0.1, 0.15) is 50.5 Å². The van der Waals surface area contributed by atoms with Crippen LogP contribution in [-0.2, 0) is 11.2 Å². The van der Waals surface area contributed by atoms with Crippen LogP contribution in [0.15, 0.2) is 18.2 Å². The molecule has 2 fully saturated rings.